The molecular formula is C11H13ClFNO3. The third kappa shape index (κ3) is 4.66. The molecular weight excluding hydrogens is 249 g/mol. The zero-order chi connectivity index (χ0) is 12.8. The Bertz CT molecular complexity index is 398. The average Bonchev–Trinajstić information content (AvgIpc) is 2.27. The Hall–Kier alpha value is -1.20. The van der Waals surface area contributed by atoms with Crippen LogP contribution >= 0.6 is 11.6 Å². The van der Waals surface area contributed by atoms with Gasteiger partial charge in [0, 0.05) is 0 Å². The van der Waals surface area contributed by atoms with E-state index in [2.05, 4.69) is 4.98 Å². The molecule has 1 aromatic heterocycles. The van der Waals surface area contributed by atoms with E-state index < -0.39 is 11.8 Å². The second-order valence-electron chi connectivity index (χ2n) is 3.55. The summed E-state index contributed by atoms with van der Waals surface area (Å²) in [7, 11) is 0. The van der Waals surface area contributed by atoms with Gasteiger partial charge in [-0.2, -0.15) is 0 Å². The summed E-state index contributed by atoms with van der Waals surface area (Å²) in [5.41, 5.74) is -0.0868. The number of carbonyl (C=O) groups is 1. The molecule has 0 unspecified atom stereocenters. The number of halogens is 2. The zero-order valence-electron chi connectivity index (χ0n) is 9.57. The molecule has 0 N–H and O–H groups in total. The van der Waals surface area contributed by atoms with Gasteiger partial charge >= 0.3 is 5.97 Å². The predicted octanol–water partition coefficient (Wildman–Crippen LogP) is 2.46. The summed E-state index contributed by atoms with van der Waals surface area (Å²) in [6.45, 7) is 4.11. The van der Waals surface area contributed by atoms with E-state index in [1.54, 1.807) is 0 Å². The van der Waals surface area contributed by atoms with Crippen LogP contribution in [0.1, 0.15) is 24.2 Å². The Morgan fingerprint density at radius 1 is 1.53 bits per heavy atom. The number of aromatic nitrogens is 1. The van der Waals surface area contributed by atoms with Gasteiger partial charge in [0.15, 0.2) is 0 Å². The van der Waals surface area contributed by atoms with Crippen LogP contribution in [0.25, 0.3) is 0 Å². The standard InChI is InChI=1S/C11H13ClFNO3/c1-7(2)16-3-4-17-11(15)9-5-8(13)6-14-10(9)12/h5-7H,3-4H2,1-2H3. The summed E-state index contributed by atoms with van der Waals surface area (Å²) in [6, 6.07) is 0.987. The van der Waals surface area contributed by atoms with Gasteiger partial charge in [-0.05, 0) is 19.9 Å². The average molecular weight is 262 g/mol. The van der Waals surface area contributed by atoms with Crippen molar-refractivity contribution in [3.63, 3.8) is 0 Å². The number of hydrogen-bond donors (Lipinski definition) is 0. The molecule has 1 rings (SSSR count). The van der Waals surface area contributed by atoms with Gasteiger partial charge in [0.2, 0.25) is 0 Å². The fourth-order valence-electron chi connectivity index (χ4n) is 1.06. The van der Waals surface area contributed by atoms with Gasteiger partial charge < -0.3 is 9.47 Å². The third-order valence-electron chi connectivity index (χ3n) is 1.79. The summed E-state index contributed by atoms with van der Waals surface area (Å²) in [6.07, 6.45) is 0.995. The summed E-state index contributed by atoms with van der Waals surface area (Å²) < 4.78 is 22.9. The van der Waals surface area contributed by atoms with E-state index in [-0.39, 0.29) is 30.0 Å². The molecule has 0 spiro atoms. The topological polar surface area (TPSA) is 48.4 Å². The molecule has 17 heavy (non-hydrogen) atoms. The number of pyridine rings is 1. The molecule has 0 aliphatic heterocycles. The zero-order valence-corrected chi connectivity index (χ0v) is 10.3. The maximum absolute atomic E-state index is 12.8. The van der Waals surface area contributed by atoms with Crippen molar-refractivity contribution < 1.29 is 18.7 Å². The van der Waals surface area contributed by atoms with Crippen LogP contribution in [0.2, 0.25) is 5.15 Å². The van der Waals surface area contributed by atoms with Gasteiger partial charge in [-0.1, -0.05) is 11.6 Å². The first-order valence-corrected chi connectivity index (χ1v) is 5.48. The van der Waals surface area contributed by atoms with Crippen LogP contribution in [0, 0.1) is 5.82 Å². The van der Waals surface area contributed by atoms with Crippen molar-refractivity contribution in [2.45, 2.75) is 20.0 Å². The molecule has 0 aliphatic rings. The van der Waals surface area contributed by atoms with Crippen molar-refractivity contribution in [1.82, 2.24) is 4.98 Å². The molecule has 6 heteroatoms. The largest absolute Gasteiger partial charge is 0.460 e. The van der Waals surface area contributed by atoms with Crippen LogP contribution < -0.4 is 0 Å². The lowest BCUT2D eigenvalue weighted by Gasteiger charge is -2.08. The van der Waals surface area contributed by atoms with Crippen molar-refractivity contribution in [3.05, 3.63) is 28.8 Å². The Balaban J connectivity index is 2.49. The molecule has 1 aromatic rings. The van der Waals surface area contributed by atoms with Gasteiger partial charge in [-0.25, -0.2) is 14.2 Å². The Labute approximate surface area is 104 Å². The second-order valence-corrected chi connectivity index (χ2v) is 3.91. The van der Waals surface area contributed by atoms with Crippen LogP contribution in [0.3, 0.4) is 0 Å². The summed E-state index contributed by atoms with van der Waals surface area (Å²) in [4.78, 5) is 15.0. The van der Waals surface area contributed by atoms with Crippen molar-refractivity contribution in [3.8, 4) is 0 Å². The Kier molecular flexibility index (Phi) is 5.31. The lowest BCUT2D eigenvalue weighted by molar-refractivity contribution is 0.0176. The summed E-state index contributed by atoms with van der Waals surface area (Å²) >= 11 is 5.64. The van der Waals surface area contributed by atoms with Crippen LogP contribution in [-0.2, 0) is 9.47 Å². The monoisotopic (exact) mass is 261 g/mol. The maximum atomic E-state index is 12.8. The molecule has 1 heterocycles. The highest BCUT2D eigenvalue weighted by molar-refractivity contribution is 6.32. The van der Waals surface area contributed by atoms with Gasteiger partial charge in [0.25, 0.3) is 0 Å². The number of hydrogen-bond acceptors (Lipinski definition) is 4. The lowest BCUT2D eigenvalue weighted by Crippen LogP contribution is -2.14. The SMILES string of the molecule is CC(C)OCCOC(=O)c1cc(F)cnc1Cl. The summed E-state index contributed by atoms with van der Waals surface area (Å²) in [5, 5.41) is -0.0822. The fraction of sp³-hybridized carbons (Fsp3) is 0.455. The number of carbonyl (C=O) groups excluding carboxylic acids is 1. The summed E-state index contributed by atoms with van der Waals surface area (Å²) in [5.74, 6) is -1.35. The maximum Gasteiger partial charge on any atom is 0.341 e. The van der Waals surface area contributed by atoms with E-state index in [4.69, 9.17) is 21.1 Å². The highest BCUT2D eigenvalue weighted by Gasteiger charge is 2.14. The number of ether oxygens (including phenoxy) is 2. The van der Waals surface area contributed by atoms with E-state index >= 15 is 0 Å². The van der Waals surface area contributed by atoms with Gasteiger partial charge in [0.1, 0.15) is 17.6 Å². The molecule has 0 aromatic carbocycles. The molecule has 4 nitrogen and oxygen atoms in total. The van der Waals surface area contributed by atoms with Crippen LogP contribution in [0.4, 0.5) is 4.39 Å². The minimum atomic E-state index is -0.714. The van der Waals surface area contributed by atoms with Crippen molar-refractivity contribution in [2.75, 3.05) is 13.2 Å². The molecule has 0 fully saturated rings. The highest BCUT2D eigenvalue weighted by atomic mass is 35.5. The Morgan fingerprint density at radius 3 is 2.88 bits per heavy atom. The fourth-order valence-corrected chi connectivity index (χ4v) is 1.24. The van der Waals surface area contributed by atoms with Crippen LogP contribution in [-0.4, -0.2) is 30.3 Å². The molecule has 0 amide bonds. The number of rotatable bonds is 5. The Morgan fingerprint density at radius 2 is 2.24 bits per heavy atom. The molecule has 0 saturated heterocycles. The van der Waals surface area contributed by atoms with E-state index in [0.717, 1.165) is 12.3 Å². The second kappa shape index (κ2) is 6.51. The normalized spacial score (nSPS) is 10.6. The molecule has 0 aliphatic carbocycles. The highest BCUT2D eigenvalue weighted by Crippen LogP contribution is 2.14. The van der Waals surface area contributed by atoms with E-state index in [1.807, 2.05) is 13.8 Å². The first-order chi connectivity index (χ1) is 8.00. The first kappa shape index (κ1) is 13.9. The predicted molar refractivity (Wildman–Crippen MR) is 60.6 cm³/mol. The molecule has 0 saturated carbocycles. The van der Waals surface area contributed by atoms with Crippen molar-refractivity contribution in [2.24, 2.45) is 0 Å². The number of nitrogens with zero attached hydrogens (tertiary/aromatic N) is 1. The van der Waals surface area contributed by atoms with Gasteiger partial charge in [-0.15, -0.1) is 0 Å². The minimum absolute atomic E-state index is 0.0631. The molecule has 0 radical (unpaired) electrons. The quantitative estimate of drug-likeness (QED) is 0.464. The molecule has 0 bridgehead atoms. The van der Waals surface area contributed by atoms with Crippen molar-refractivity contribution >= 4 is 17.6 Å². The van der Waals surface area contributed by atoms with E-state index in [1.165, 1.54) is 0 Å². The molecule has 0 atom stereocenters. The first-order valence-electron chi connectivity index (χ1n) is 5.10. The van der Waals surface area contributed by atoms with Crippen LogP contribution in [0.15, 0.2) is 12.3 Å². The minimum Gasteiger partial charge on any atom is -0.460 e. The smallest absolute Gasteiger partial charge is 0.341 e. The van der Waals surface area contributed by atoms with Gasteiger partial charge in [0.05, 0.1) is 24.5 Å². The van der Waals surface area contributed by atoms with E-state index in [0.29, 0.717) is 0 Å². The van der Waals surface area contributed by atoms with E-state index in [9.17, 15) is 9.18 Å². The third-order valence-corrected chi connectivity index (χ3v) is 2.09. The van der Waals surface area contributed by atoms with Crippen molar-refractivity contribution in [1.29, 1.82) is 0 Å². The van der Waals surface area contributed by atoms with Gasteiger partial charge in [-0.3, -0.25) is 0 Å². The number of esters is 1. The lowest BCUT2D eigenvalue weighted by atomic mass is 10.3. The molecule has 94 valence electrons. The van der Waals surface area contributed by atoms with Crippen LogP contribution in [0.5, 0.6) is 0 Å².